The monoisotopic (exact) mass is 243 g/mol. The Balaban J connectivity index is 2.39. The lowest BCUT2D eigenvalue weighted by molar-refractivity contribution is -0.129. The zero-order valence-electron chi connectivity index (χ0n) is 11.1. The molecule has 0 aliphatic carbocycles. The fourth-order valence-corrected chi connectivity index (χ4v) is 1.85. The van der Waals surface area contributed by atoms with Crippen LogP contribution in [0.2, 0.25) is 0 Å². The third kappa shape index (κ3) is 4.61. The number of ether oxygens (including phenoxy) is 1. The minimum Gasteiger partial charge on any atom is -0.374 e. The number of carbonyl (C=O) groups excluding carboxylic acids is 1. The minimum atomic E-state index is -0.105. The molecule has 1 heterocycles. The van der Waals surface area contributed by atoms with Crippen LogP contribution in [0.15, 0.2) is 0 Å². The molecular formula is C12H25N3O2. The van der Waals surface area contributed by atoms with E-state index in [-0.39, 0.29) is 18.1 Å². The van der Waals surface area contributed by atoms with Gasteiger partial charge < -0.3 is 15.8 Å². The molecule has 1 fully saturated rings. The van der Waals surface area contributed by atoms with Gasteiger partial charge in [0.15, 0.2) is 0 Å². The molecule has 0 bridgehead atoms. The smallest absolute Gasteiger partial charge is 0.237 e. The van der Waals surface area contributed by atoms with Gasteiger partial charge in [-0.25, -0.2) is 0 Å². The van der Waals surface area contributed by atoms with Crippen LogP contribution < -0.4 is 11.1 Å². The van der Waals surface area contributed by atoms with E-state index in [1.165, 1.54) is 0 Å². The van der Waals surface area contributed by atoms with Crippen molar-refractivity contribution in [3.8, 4) is 0 Å². The molecule has 1 saturated heterocycles. The number of rotatable bonds is 5. The fourth-order valence-electron chi connectivity index (χ4n) is 1.85. The van der Waals surface area contributed by atoms with Crippen molar-refractivity contribution in [2.75, 3.05) is 32.8 Å². The molecule has 1 aliphatic rings. The molecule has 0 aromatic carbocycles. The summed E-state index contributed by atoms with van der Waals surface area (Å²) in [7, 11) is 0. The van der Waals surface area contributed by atoms with Crippen LogP contribution in [0.3, 0.4) is 0 Å². The normalized spacial score (nSPS) is 23.7. The molecule has 1 rings (SSSR count). The largest absolute Gasteiger partial charge is 0.374 e. The van der Waals surface area contributed by atoms with E-state index in [1.54, 1.807) is 0 Å². The lowest BCUT2D eigenvalue weighted by Gasteiger charge is -2.35. The maximum atomic E-state index is 11.9. The summed E-state index contributed by atoms with van der Waals surface area (Å²) in [6.07, 6.45) is 0.0594. The predicted octanol–water partition coefficient (Wildman–Crippen LogP) is -0.193. The van der Waals surface area contributed by atoms with Crippen LogP contribution in [0.1, 0.15) is 20.8 Å². The Bertz CT molecular complexity index is 246. The van der Waals surface area contributed by atoms with Gasteiger partial charge in [0.05, 0.1) is 18.8 Å². The molecule has 0 aromatic rings. The van der Waals surface area contributed by atoms with Crippen LogP contribution >= 0.6 is 0 Å². The summed E-state index contributed by atoms with van der Waals surface area (Å²) < 4.78 is 5.49. The van der Waals surface area contributed by atoms with Crippen molar-refractivity contribution in [3.63, 3.8) is 0 Å². The van der Waals surface area contributed by atoms with E-state index in [0.717, 1.165) is 19.6 Å². The van der Waals surface area contributed by atoms with E-state index < -0.39 is 0 Å². The van der Waals surface area contributed by atoms with Crippen LogP contribution in [0.4, 0.5) is 0 Å². The molecule has 0 radical (unpaired) electrons. The molecule has 2 atom stereocenters. The van der Waals surface area contributed by atoms with Crippen molar-refractivity contribution in [1.82, 2.24) is 10.2 Å². The van der Waals surface area contributed by atoms with Crippen molar-refractivity contribution in [1.29, 1.82) is 0 Å². The van der Waals surface area contributed by atoms with E-state index in [9.17, 15) is 4.79 Å². The van der Waals surface area contributed by atoms with Gasteiger partial charge in [0.1, 0.15) is 0 Å². The molecule has 1 amide bonds. The first kappa shape index (κ1) is 14.4. The number of nitrogens with one attached hydrogen (secondary N) is 1. The highest BCUT2D eigenvalue weighted by Gasteiger charge is 2.27. The second kappa shape index (κ2) is 6.93. The van der Waals surface area contributed by atoms with Gasteiger partial charge in [-0.2, -0.15) is 0 Å². The van der Waals surface area contributed by atoms with Crippen molar-refractivity contribution in [2.24, 2.45) is 11.7 Å². The van der Waals surface area contributed by atoms with Gasteiger partial charge in [0.25, 0.3) is 0 Å². The Morgan fingerprint density at radius 2 is 2.24 bits per heavy atom. The molecule has 0 spiro atoms. The van der Waals surface area contributed by atoms with E-state index in [1.807, 2.05) is 6.92 Å². The lowest BCUT2D eigenvalue weighted by Crippen LogP contribution is -2.53. The number of hydrogen-bond acceptors (Lipinski definition) is 4. The molecule has 100 valence electrons. The Kier molecular flexibility index (Phi) is 5.88. The van der Waals surface area contributed by atoms with Crippen LogP contribution in [-0.2, 0) is 9.53 Å². The van der Waals surface area contributed by atoms with Gasteiger partial charge in [-0.05, 0) is 12.8 Å². The number of nitrogens with zero attached hydrogens (tertiary/aromatic N) is 1. The van der Waals surface area contributed by atoms with Crippen molar-refractivity contribution < 1.29 is 9.53 Å². The van der Waals surface area contributed by atoms with E-state index in [0.29, 0.717) is 19.1 Å². The average Bonchev–Trinajstić information content (AvgIpc) is 2.35. The zero-order valence-corrected chi connectivity index (χ0v) is 11.1. The third-order valence-corrected chi connectivity index (χ3v) is 3.04. The number of morpholine rings is 1. The summed E-state index contributed by atoms with van der Waals surface area (Å²) in [6.45, 7) is 9.55. The highest BCUT2D eigenvalue weighted by atomic mass is 16.5. The second-order valence-corrected chi connectivity index (χ2v) is 5.04. The van der Waals surface area contributed by atoms with E-state index >= 15 is 0 Å². The Morgan fingerprint density at radius 1 is 1.53 bits per heavy atom. The molecule has 0 saturated carbocycles. The average molecular weight is 243 g/mol. The first-order chi connectivity index (χ1) is 8.04. The van der Waals surface area contributed by atoms with Crippen molar-refractivity contribution in [3.05, 3.63) is 0 Å². The molecule has 3 N–H and O–H groups in total. The van der Waals surface area contributed by atoms with E-state index in [4.69, 9.17) is 10.5 Å². The molecule has 2 unspecified atom stereocenters. The summed E-state index contributed by atoms with van der Waals surface area (Å²) in [6, 6.07) is -0.105. The standard InChI is InChI=1S/C12H25N3O2/c1-9(2)7-14-12(16)10(3)15-4-5-17-11(6-13)8-15/h9-11H,4-8,13H2,1-3H3,(H,14,16). The highest BCUT2D eigenvalue weighted by Crippen LogP contribution is 2.08. The summed E-state index contributed by atoms with van der Waals surface area (Å²) in [4.78, 5) is 14.1. The molecule has 5 nitrogen and oxygen atoms in total. The van der Waals surface area contributed by atoms with Gasteiger partial charge in [0.2, 0.25) is 5.91 Å². The van der Waals surface area contributed by atoms with Gasteiger partial charge in [-0.3, -0.25) is 9.69 Å². The SMILES string of the molecule is CC(C)CNC(=O)C(C)N1CCOC(CN)C1. The van der Waals surface area contributed by atoms with Crippen molar-refractivity contribution >= 4 is 5.91 Å². The molecule has 1 aliphatic heterocycles. The van der Waals surface area contributed by atoms with Crippen LogP contribution in [0.5, 0.6) is 0 Å². The maximum absolute atomic E-state index is 11.9. The minimum absolute atomic E-state index is 0.0594. The number of nitrogens with two attached hydrogens (primary N) is 1. The fraction of sp³-hybridized carbons (Fsp3) is 0.917. The molecule has 0 aromatic heterocycles. The topological polar surface area (TPSA) is 67.6 Å². The Morgan fingerprint density at radius 3 is 2.82 bits per heavy atom. The summed E-state index contributed by atoms with van der Waals surface area (Å²) in [5.74, 6) is 0.573. The molecule has 17 heavy (non-hydrogen) atoms. The van der Waals surface area contributed by atoms with E-state index in [2.05, 4.69) is 24.1 Å². The number of hydrogen-bond donors (Lipinski definition) is 2. The van der Waals surface area contributed by atoms with Gasteiger partial charge in [-0.1, -0.05) is 13.8 Å². The zero-order chi connectivity index (χ0) is 12.8. The number of amides is 1. The van der Waals surface area contributed by atoms with Crippen molar-refractivity contribution in [2.45, 2.75) is 32.9 Å². The molecular weight excluding hydrogens is 218 g/mol. The van der Waals surface area contributed by atoms with Crippen LogP contribution in [0, 0.1) is 5.92 Å². The van der Waals surface area contributed by atoms with Gasteiger partial charge in [-0.15, -0.1) is 0 Å². The Hall–Kier alpha value is -0.650. The summed E-state index contributed by atoms with van der Waals surface area (Å²) in [5.41, 5.74) is 5.59. The predicted molar refractivity (Wildman–Crippen MR) is 67.7 cm³/mol. The quantitative estimate of drug-likeness (QED) is 0.702. The third-order valence-electron chi connectivity index (χ3n) is 3.04. The molecule has 5 heteroatoms. The maximum Gasteiger partial charge on any atom is 0.237 e. The lowest BCUT2D eigenvalue weighted by atomic mass is 10.2. The van der Waals surface area contributed by atoms with Crippen LogP contribution in [0.25, 0.3) is 0 Å². The Labute approximate surface area is 104 Å². The summed E-state index contributed by atoms with van der Waals surface area (Å²) >= 11 is 0. The number of carbonyl (C=O) groups is 1. The summed E-state index contributed by atoms with van der Waals surface area (Å²) in [5, 5.41) is 2.96. The van der Waals surface area contributed by atoms with Gasteiger partial charge >= 0.3 is 0 Å². The first-order valence-corrected chi connectivity index (χ1v) is 6.38. The first-order valence-electron chi connectivity index (χ1n) is 6.38. The van der Waals surface area contributed by atoms with Crippen LogP contribution in [-0.4, -0.2) is 55.7 Å². The highest BCUT2D eigenvalue weighted by molar-refractivity contribution is 5.81. The second-order valence-electron chi connectivity index (χ2n) is 5.04. The van der Waals surface area contributed by atoms with Gasteiger partial charge in [0, 0.05) is 26.2 Å².